The summed E-state index contributed by atoms with van der Waals surface area (Å²) in [7, 11) is 0. The van der Waals surface area contributed by atoms with Gasteiger partial charge in [-0.05, 0) is 12.1 Å². The standard InChI is InChI=1S/C19H15O2S/c20-22(18-14-8-3-9-15-18)21-19(16-10-4-1-5-11-16)17-12-6-2-7-13-17/h1-15H/q-1. The molecule has 3 aromatic carbocycles. The molecule has 0 aliphatic rings. The highest BCUT2D eigenvalue weighted by Crippen LogP contribution is 2.27. The molecule has 0 aliphatic heterocycles. The lowest BCUT2D eigenvalue weighted by atomic mass is 10.0. The SMILES string of the molecule is O=S(O[C-](c1ccccc1)c1ccccc1)c1ccccc1. The second-order valence-corrected chi connectivity index (χ2v) is 5.80. The van der Waals surface area contributed by atoms with Crippen molar-refractivity contribution in [2.45, 2.75) is 4.90 Å². The summed E-state index contributed by atoms with van der Waals surface area (Å²) in [6, 6.07) is 28.6. The molecule has 0 amide bonds. The van der Waals surface area contributed by atoms with Crippen LogP contribution in [0.4, 0.5) is 0 Å². The van der Waals surface area contributed by atoms with E-state index >= 15 is 0 Å². The Balaban J connectivity index is 1.91. The van der Waals surface area contributed by atoms with Gasteiger partial charge in [0.1, 0.15) is 0 Å². The highest BCUT2D eigenvalue weighted by molar-refractivity contribution is 7.80. The molecule has 3 heteroatoms. The summed E-state index contributed by atoms with van der Waals surface area (Å²) in [5, 5.41) is 0. The van der Waals surface area contributed by atoms with Gasteiger partial charge in [0.05, 0.1) is 4.90 Å². The second kappa shape index (κ2) is 7.07. The van der Waals surface area contributed by atoms with Crippen LogP contribution in [-0.2, 0) is 15.3 Å². The first-order valence-electron chi connectivity index (χ1n) is 6.97. The summed E-state index contributed by atoms with van der Waals surface area (Å²) in [5.74, 6) is 0. The van der Waals surface area contributed by atoms with E-state index in [0.717, 1.165) is 11.1 Å². The Hall–Kier alpha value is -2.36. The predicted octanol–water partition coefficient (Wildman–Crippen LogP) is 4.35. The monoisotopic (exact) mass is 307 g/mol. The van der Waals surface area contributed by atoms with Gasteiger partial charge in [0.2, 0.25) is 0 Å². The second-order valence-electron chi connectivity index (χ2n) is 4.69. The number of benzene rings is 3. The number of hydrogen-bond donors (Lipinski definition) is 0. The quantitative estimate of drug-likeness (QED) is 0.655. The lowest BCUT2D eigenvalue weighted by molar-refractivity contribution is 0.405. The van der Waals surface area contributed by atoms with Crippen molar-refractivity contribution in [3.05, 3.63) is 108 Å². The van der Waals surface area contributed by atoms with Crippen LogP contribution >= 0.6 is 0 Å². The molecular weight excluding hydrogens is 292 g/mol. The normalized spacial score (nSPS) is 11.8. The molecular formula is C19H15O2S-. The van der Waals surface area contributed by atoms with Gasteiger partial charge in [-0.1, -0.05) is 65.7 Å². The molecule has 3 aromatic rings. The molecule has 0 radical (unpaired) electrons. The minimum Gasteiger partial charge on any atom is -0.288 e. The first-order chi connectivity index (χ1) is 10.8. The van der Waals surface area contributed by atoms with E-state index < -0.39 is 11.1 Å². The fraction of sp³-hybridized carbons (Fsp3) is 0. The van der Waals surface area contributed by atoms with Crippen LogP contribution in [0.25, 0.3) is 0 Å². The highest BCUT2D eigenvalue weighted by atomic mass is 32.2. The summed E-state index contributed by atoms with van der Waals surface area (Å²) >= 11 is -1.55. The average Bonchev–Trinajstić information content (AvgIpc) is 2.62. The molecule has 0 aromatic heterocycles. The van der Waals surface area contributed by atoms with E-state index in [9.17, 15) is 4.21 Å². The minimum absolute atomic E-state index is 0.614. The smallest absolute Gasteiger partial charge is 0.186 e. The van der Waals surface area contributed by atoms with Crippen molar-refractivity contribution in [3.63, 3.8) is 0 Å². The van der Waals surface area contributed by atoms with E-state index in [-0.39, 0.29) is 0 Å². The number of hydrogen-bond acceptors (Lipinski definition) is 2. The fourth-order valence-corrected chi connectivity index (χ4v) is 2.92. The summed E-state index contributed by atoms with van der Waals surface area (Å²) in [6.45, 7) is 0. The maximum Gasteiger partial charge on any atom is 0.186 e. The fourth-order valence-electron chi connectivity index (χ4n) is 2.10. The Morgan fingerprint density at radius 3 is 1.50 bits per heavy atom. The molecule has 0 heterocycles. The molecule has 0 N–H and O–H groups in total. The van der Waals surface area contributed by atoms with Crippen LogP contribution in [-0.4, -0.2) is 4.21 Å². The van der Waals surface area contributed by atoms with Crippen molar-refractivity contribution in [3.8, 4) is 0 Å². The Bertz CT molecular complexity index is 688. The molecule has 22 heavy (non-hydrogen) atoms. The molecule has 0 bridgehead atoms. The van der Waals surface area contributed by atoms with Gasteiger partial charge in [0.15, 0.2) is 11.1 Å². The molecule has 3 rings (SSSR count). The van der Waals surface area contributed by atoms with Gasteiger partial charge >= 0.3 is 0 Å². The van der Waals surface area contributed by atoms with Crippen LogP contribution in [0.1, 0.15) is 11.1 Å². The third-order valence-corrected chi connectivity index (χ3v) is 4.14. The van der Waals surface area contributed by atoms with Crippen molar-refractivity contribution in [1.82, 2.24) is 0 Å². The largest absolute Gasteiger partial charge is 0.288 e. The van der Waals surface area contributed by atoms with Gasteiger partial charge in [-0.25, -0.2) is 4.21 Å². The van der Waals surface area contributed by atoms with E-state index in [4.69, 9.17) is 4.18 Å². The van der Waals surface area contributed by atoms with Crippen LogP contribution in [0, 0.1) is 6.10 Å². The maximum atomic E-state index is 12.5. The van der Waals surface area contributed by atoms with Crippen LogP contribution in [0.2, 0.25) is 0 Å². The van der Waals surface area contributed by atoms with Crippen LogP contribution in [0.5, 0.6) is 0 Å². The predicted molar refractivity (Wildman–Crippen MR) is 88.3 cm³/mol. The molecule has 110 valence electrons. The van der Waals surface area contributed by atoms with Crippen molar-refractivity contribution in [2.75, 3.05) is 0 Å². The maximum absolute atomic E-state index is 12.5. The third-order valence-electron chi connectivity index (χ3n) is 3.17. The molecule has 2 nitrogen and oxygen atoms in total. The van der Waals surface area contributed by atoms with Crippen molar-refractivity contribution in [2.24, 2.45) is 0 Å². The van der Waals surface area contributed by atoms with Crippen LogP contribution in [0.15, 0.2) is 95.9 Å². The Morgan fingerprint density at radius 1 is 0.636 bits per heavy atom. The third kappa shape index (κ3) is 3.45. The molecule has 0 aliphatic carbocycles. The van der Waals surface area contributed by atoms with Crippen molar-refractivity contribution in [1.29, 1.82) is 0 Å². The van der Waals surface area contributed by atoms with Gasteiger partial charge < -0.3 is 0 Å². The van der Waals surface area contributed by atoms with Crippen molar-refractivity contribution >= 4 is 11.1 Å². The Morgan fingerprint density at radius 2 is 1.05 bits per heavy atom. The summed E-state index contributed by atoms with van der Waals surface area (Å²) < 4.78 is 18.3. The zero-order valence-electron chi connectivity index (χ0n) is 11.9. The highest BCUT2D eigenvalue weighted by Gasteiger charge is 2.13. The first-order valence-corrected chi connectivity index (χ1v) is 8.05. The van der Waals surface area contributed by atoms with E-state index in [1.807, 2.05) is 78.9 Å². The first kappa shape index (κ1) is 14.6. The van der Waals surface area contributed by atoms with E-state index in [1.54, 1.807) is 12.1 Å². The topological polar surface area (TPSA) is 26.3 Å². The van der Waals surface area contributed by atoms with Gasteiger partial charge in [-0.3, -0.25) is 4.18 Å². The van der Waals surface area contributed by atoms with Crippen LogP contribution < -0.4 is 0 Å². The van der Waals surface area contributed by atoms with Gasteiger partial charge in [0.25, 0.3) is 0 Å². The summed E-state index contributed by atoms with van der Waals surface area (Å²) in [5.41, 5.74) is 1.80. The van der Waals surface area contributed by atoms with E-state index in [1.165, 1.54) is 0 Å². The Labute approximate surface area is 133 Å². The van der Waals surface area contributed by atoms with Crippen molar-refractivity contribution < 1.29 is 8.39 Å². The lowest BCUT2D eigenvalue weighted by Gasteiger charge is -2.23. The molecule has 0 saturated carbocycles. The molecule has 1 atom stereocenters. The average molecular weight is 307 g/mol. The minimum atomic E-state index is -1.55. The molecule has 1 unspecified atom stereocenters. The molecule has 0 spiro atoms. The van der Waals surface area contributed by atoms with E-state index in [0.29, 0.717) is 11.0 Å². The molecule has 0 saturated heterocycles. The molecule has 0 fully saturated rings. The zero-order valence-corrected chi connectivity index (χ0v) is 12.7. The van der Waals surface area contributed by atoms with Gasteiger partial charge in [-0.2, -0.15) is 0 Å². The van der Waals surface area contributed by atoms with Crippen LogP contribution in [0.3, 0.4) is 0 Å². The number of rotatable bonds is 5. The van der Waals surface area contributed by atoms with E-state index in [2.05, 4.69) is 0 Å². The summed E-state index contributed by atoms with van der Waals surface area (Å²) in [4.78, 5) is 0.645. The van der Waals surface area contributed by atoms with Gasteiger partial charge in [0, 0.05) is 6.10 Å². The zero-order chi connectivity index (χ0) is 15.2. The lowest BCUT2D eigenvalue weighted by Crippen LogP contribution is -2.09. The van der Waals surface area contributed by atoms with Gasteiger partial charge in [-0.15, -0.1) is 24.3 Å². The summed E-state index contributed by atoms with van der Waals surface area (Å²) in [6.07, 6.45) is 0.614. The Kier molecular flexibility index (Phi) is 4.68.